The van der Waals surface area contributed by atoms with Gasteiger partial charge >= 0.3 is 5.97 Å². The topological polar surface area (TPSA) is 83.5 Å². The fourth-order valence-electron chi connectivity index (χ4n) is 1.72. The number of carbonyl (C=O) groups is 1. The molecule has 0 aliphatic heterocycles. The predicted molar refractivity (Wildman–Crippen MR) is 76.2 cm³/mol. The molecule has 5 nitrogen and oxygen atoms in total. The van der Waals surface area contributed by atoms with E-state index in [2.05, 4.69) is 0 Å². The first-order chi connectivity index (χ1) is 9.81. The van der Waals surface area contributed by atoms with E-state index in [0.717, 1.165) is 23.5 Å². The molecule has 1 aromatic heterocycles. The number of sulfonamides is 1. The number of hydrogen-bond donors (Lipinski definition) is 2. The number of carboxylic acid groups (broad SMARTS) is 1. The van der Waals surface area contributed by atoms with Crippen molar-refractivity contribution in [3.63, 3.8) is 0 Å². The van der Waals surface area contributed by atoms with Gasteiger partial charge in [0.15, 0.2) is 6.04 Å². The van der Waals surface area contributed by atoms with Crippen molar-refractivity contribution in [2.45, 2.75) is 17.9 Å². The number of aliphatic carboxylic acids is 1. The lowest BCUT2D eigenvalue weighted by molar-refractivity contribution is -0.139. The van der Waals surface area contributed by atoms with Crippen LogP contribution in [0.5, 0.6) is 0 Å². The zero-order valence-electron chi connectivity index (χ0n) is 10.9. The summed E-state index contributed by atoms with van der Waals surface area (Å²) in [5.74, 6) is -2.28. The normalized spacial score (nSPS) is 13.0. The number of thiophene rings is 1. The molecule has 112 valence electrons. The van der Waals surface area contributed by atoms with Gasteiger partial charge in [0, 0.05) is 4.88 Å². The van der Waals surface area contributed by atoms with E-state index in [4.69, 9.17) is 5.11 Å². The summed E-state index contributed by atoms with van der Waals surface area (Å²) >= 11 is 1.10. The van der Waals surface area contributed by atoms with Gasteiger partial charge < -0.3 is 5.11 Å². The Morgan fingerprint density at radius 2 is 2.10 bits per heavy atom. The second kappa shape index (κ2) is 5.92. The molecule has 0 aliphatic carbocycles. The van der Waals surface area contributed by atoms with Gasteiger partial charge in [-0.05, 0) is 36.1 Å². The lowest BCUT2D eigenvalue weighted by atomic mass is 10.2. The first kappa shape index (κ1) is 15.6. The largest absolute Gasteiger partial charge is 0.480 e. The Balaban J connectivity index is 2.40. The van der Waals surface area contributed by atoms with Crippen molar-refractivity contribution in [1.82, 2.24) is 4.72 Å². The van der Waals surface area contributed by atoms with Crippen molar-refractivity contribution in [2.24, 2.45) is 0 Å². The fraction of sp³-hybridized carbons (Fsp3) is 0.154. The van der Waals surface area contributed by atoms with Crippen molar-refractivity contribution in [3.8, 4) is 0 Å². The van der Waals surface area contributed by atoms with Gasteiger partial charge in [-0.3, -0.25) is 4.79 Å². The molecular formula is C13H12FNO4S2. The smallest absolute Gasteiger partial charge is 0.327 e. The summed E-state index contributed by atoms with van der Waals surface area (Å²) < 4.78 is 40.1. The van der Waals surface area contributed by atoms with E-state index in [9.17, 15) is 17.6 Å². The van der Waals surface area contributed by atoms with E-state index >= 15 is 0 Å². The van der Waals surface area contributed by atoms with Gasteiger partial charge in [0.2, 0.25) is 10.0 Å². The summed E-state index contributed by atoms with van der Waals surface area (Å²) in [5, 5.41) is 10.8. The van der Waals surface area contributed by atoms with Crippen molar-refractivity contribution in [3.05, 3.63) is 52.0 Å². The van der Waals surface area contributed by atoms with Gasteiger partial charge in [0.1, 0.15) is 10.7 Å². The molecule has 1 heterocycles. The third kappa shape index (κ3) is 3.46. The molecule has 2 N–H and O–H groups in total. The molecule has 0 fully saturated rings. The Morgan fingerprint density at radius 1 is 1.38 bits per heavy atom. The summed E-state index contributed by atoms with van der Waals surface area (Å²) in [5.41, 5.74) is 0.555. The lowest BCUT2D eigenvalue weighted by Crippen LogP contribution is -2.33. The van der Waals surface area contributed by atoms with Crippen molar-refractivity contribution in [2.75, 3.05) is 0 Å². The van der Waals surface area contributed by atoms with Crippen LogP contribution in [0.25, 0.3) is 0 Å². The second-order valence-corrected chi connectivity index (χ2v) is 7.00. The molecule has 0 aliphatic rings. The third-order valence-corrected chi connectivity index (χ3v) is 5.10. The Labute approximate surface area is 125 Å². The van der Waals surface area contributed by atoms with Crippen molar-refractivity contribution in [1.29, 1.82) is 0 Å². The summed E-state index contributed by atoms with van der Waals surface area (Å²) in [7, 11) is -4.28. The first-order valence-electron chi connectivity index (χ1n) is 5.86. The molecule has 0 radical (unpaired) electrons. The monoisotopic (exact) mass is 329 g/mol. The minimum Gasteiger partial charge on any atom is -0.480 e. The average Bonchev–Trinajstić information content (AvgIpc) is 2.92. The Hall–Kier alpha value is -1.77. The number of rotatable bonds is 5. The van der Waals surface area contributed by atoms with Crippen LogP contribution in [0, 0.1) is 12.7 Å². The highest BCUT2D eigenvalue weighted by Gasteiger charge is 2.29. The number of halogens is 1. The van der Waals surface area contributed by atoms with Crippen LogP contribution in [0.4, 0.5) is 4.39 Å². The summed E-state index contributed by atoms with van der Waals surface area (Å²) in [6.07, 6.45) is 0. The molecule has 1 unspecified atom stereocenters. The first-order valence-corrected chi connectivity index (χ1v) is 8.22. The molecule has 0 amide bonds. The van der Waals surface area contributed by atoms with Crippen molar-refractivity contribution < 1.29 is 22.7 Å². The van der Waals surface area contributed by atoms with Gasteiger partial charge in [-0.2, -0.15) is 4.72 Å². The molecule has 0 saturated heterocycles. The maximum Gasteiger partial charge on any atom is 0.327 e. The molecule has 2 aromatic rings. The van der Waals surface area contributed by atoms with E-state index in [1.165, 1.54) is 12.1 Å². The SMILES string of the molecule is Cc1ccc(F)c(S(=O)(=O)NC(C(=O)O)c2cccs2)c1. The maximum atomic E-state index is 13.7. The molecule has 0 bridgehead atoms. The van der Waals surface area contributed by atoms with Crippen LogP contribution in [0.2, 0.25) is 0 Å². The molecular weight excluding hydrogens is 317 g/mol. The zero-order chi connectivity index (χ0) is 15.6. The van der Waals surface area contributed by atoms with Crippen LogP contribution in [-0.2, 0) is 14.8 Å². The Morgan fingerprint density at radius 3 is 2.67 bits per heavy atom. The summed E-state index contributed by atoms with van der Waals surface area (Å²) in [4.78, 5) is 11.0. The molecule has 8 heteroatoms. The van der Waals surface area contributed by atoms with E-state index in [1.807, 2.05) is 4.72 Å². The van der Waals surface area contributed by atoms with Crippen LogP contribution in [0.1, 0.15) is 16.5 Å². The van der Waals surface area contributed by atoms with Crippen molar-refractivity contribution >= 4 is 27.3 Å². The Bertz CT molecular complexity index is 756. The number of nitrogens with one attached hydrogen (secondary N) is 1. The standard InChI is InChI=1S/C13H12FNO4S2/c1-8-4-5-9(14)11(7-8)21(18,19)15-12(13(16)17)10-3-2-6-20-10/h2-7,12,15H,1H3,(H,16,17). The van der Waals surface area contributed by atoms with Gasteiger partial charge in [-0.15, -0.1) is 11.3 Å². The van der Waals surface area contributed by atoms with Crippen LogP contribution in [0.3, 0.4) is 0 Å². The van der Waals surface area contributed by atoms with Gasteiger partial charge in [0.05, 0.1) is 0 Å². The minimum absolute atomic E-state index is 0.319. The predicted octanol–water partition coefficient (Wildman–Crippen LogP) is 2.30. The van der Waals surface area contributed by atoms with Gasteiger partial charge in [-0.25, -0.2) is 12.8 Å². The van der Waals surface area contributed by atoms with E-state index in [1.54, 1.807) is 18.4 Å². The summed E-state index contributed by atoms with van der Waals surface area (Å²) in [6, 6.07) is 5.28. The fourth-order valence-corrected chi connectivity index (χ4v) is 3.89. The third-order valence-electron chi connectivity index (χ3n) is 2.72. The number of benzene rings is 1. The Kier molecular flexibility index (Phi) is 4.40. The zero-order valence-corrected chi connectivity index (χ0v) is 12.5. The van der Waals surface area contributed by atoms with Crippen LogP contribution in [0.15, 0.2) is 40.6 Å². The van der Waals surface area contributed by atoms with E-state index in [0.29, 0.717) is 10.4 Å². The van der Waals surface area contributed by atoms with E-state index in [-0.39, 0.29) is 0 Å². The molecule has 2 rings (SSSR count). The van der Waals surface area contributed by atoms with E-state index < -0.39 is 32.7 Å². The summed E-state index contributed by atoms with van der Waals surface area (Å²) in [6.45, 7) is 1.62. The molecule has 0 saturated carbocycles. The molecule has 21 heavy (non-hydrogen) atoms. The highest BCUT2D eigenvalue weighted by molar-refractivity contribution is 7.89. The van der Waals surface area contributed by atoms with Crippen LogP contribution >= 0.6 is 11.3 Å². The van der Waals surface area contributed by atoms with Gasteiger partial charge in [-0.1, -0.05) is 12.1 Å². The number of carboxylic acids is 1. The second-order valence-electron chi connectivity index (χ2n) is 4.34. The highest BCUT2D eigenvalue weighted by Crippen LogP contribution is 2.23. The molecule has 1 aromatic carbocycles. The molecule has 0 spiro atoms. The molecule has 1 atom stereocenters. The quantitative estimate of drug-likeness (QED) is 0.881. The highest BCUT2D eigenvalue weighted by atomic mass is 32.2. The van der Waals surface area contributed by atoms with Crippen LogP contribution in [-0.4, -0.2) is 19.5 Å². The number of hydrogen-bond acceptors (Lipinski definition) is 4. The lowest BCUT2D eigenvalue weighted by Gasteiger charge is -2.14. The minimum atomic E-state index is -4.28. The average molecular weight is 329 g/mol. The number of aryl methyl sites for hydroxylation is 1. The van der Waals surface area contributed by atoms with Gasteiger partial charge in [0.25, 0.3) is 0 Å². The van der Waals surface area contributed by atoms with Crippen LogP contribution < -0.4 is 4.72 Å². The maximum absolute atomic E-state index is 13.7.